The molecule has 0 bridgehead atoms. The SMILES string of the molecule is COc1ccc2c(c1)N(CCc1ccnn1C)C(=O)C2=O. The molecular formula is C15H15N3O3. The van der Waals surface area contributed by atoms with Crippen molar-refractivity contribution in [2.75, 3.05) is 18.6 Å². The number of amides is 1. The van der Waals surface area contributed by atoms with E-state index in [0.29, 0.717) is 30.0 Å². The summed E-state index contributed by atoms with van der Waals surface area (Å²) in [6.45, 7) is 0.435. The molecule has 6 heteroatoms. The second kappa shape index (κ2) is 5.05. The van der Waals surface area contributed by atoms with Crippen LogP contribution in [0.2, 0.25) is 0 Å². The molecule has 1 amide bonds. The fourth-order valence-corrected chi connectivity index (χ4v) is 2.50. The summed E-state index contributed by atoms with van der Waals surface area (Å²) in [6, 6.07) is 6.95. The van der Waals surface area contributed by atoms with Gasteiger partial charge in [0.25, 0.3) is 11.7 Å². The Balaban J connectivity index is 1.88. The summed E-state index contributed by atoms with van der Waals surface area (Å²) >= 11 is 0. The van der Waals surface area contributed by atoms with E-state index in [2.05, 4.69) is 5.10 Å². The number of aryl methyl sites for hydroxylation is 1. The molecule has 0 aliphatic carbocycles. The number of ketones is 1. The maximum atomic E-state index is 12.1. The molecule has 0 fully saturated rings. The van der Waals surface area contributed by atoms with Gasteiger partial charge < -0.3 is 9.64 Å². The number of anilines is 1. The molecule has 0 saturated carbocycles. The molecule has 0 unspecified atom stereocenters. The maximum absolute atomic E-state index is 12.1. The topological polar surface area (TPSA) is 64.4 Å². The second-order valence-electron chi connectivity index (χ2n) is 4.87. The Hall–Kier alpha value is -2.63. The van der Waals surface area contributed by atoms with E-state index in [1.165, 1.54) is 4.90 Å². The quantitative estimate of drug-likeness (QED) is 0.792. The van der Waals surface area contributed by atoms with Crippen molar-refractivity contribution in [3.05, 3.63) is 41.7 Å². The van der Waals surface area contributed by atoms with Gasteiger partial charge in [-0.1, -0.05) is 0 Å². The minimum Gasteiger partial charge on any atom is -0.497 e. The molecule has 1 aliphatic rings. The van der Waals surface area contributed by atoms with Crippen LogP contribution in [0.5, 0.6) is 5.75 Å². The molecule has 6 nitrogen and oxygen atoms in total. The standard InChI is InChI=1S/C15H15N3O3/c1-17-10(5-7-16-17)6-8-18-13-9-11(21-2)3-4-12(13)14(19)15(18)20/h3-5,7,9H,6,8H2,1-2H3. The van der Waals surface area contributed by atoms with E-state index >= 15 is 0 Å². The fourth-order valence-electron chi connectivity index (χ4n) is 2.50. The number of methoxy groups -OCH3 is 1. The summed E-state index contributed by atoms with van der Waals surface area (Å²) in [4.78, 5) is 25.6. The van der Waals surface area contributed by atoms with E-state index in [1.54, 1.807) is 36.2 Å². The summed E-state index contributed by atoms with van der Waals surface area (Å²) in [5.41, 5.74) is 2.06. The van der Waals surface area contributed by atoms with Crippen molar-refractivity contribution < 1.29 is 14.3 Å². The predicted octanol–water partition coefficient (Wildman–Crippen LogP) is 1.20. The molecule has 1 aromatic heterocycles. The molecule has 108 valence electrons. The van der Waals surface area contributed by atoms with Gasteiger partial charge in [-0.2, -0.15) is 5.10 Å². The molecule has 1 aliphatic heterocycles. The monoisotopic (exact) mass is 285 g/mol. The highest BCUT2D eigenvalue weighted by atomic mass is 16.5. The molecular weight excluding hydrogens is 270 g/mol. The van der Waals surface area contributed by atoms with Crippen molar-refractivity contribution in [2.24, 2.45) is 7.05 Å². The van der Waals surface area contributed by atoms with Crippen LogP contribution in [-0.2, 0) is 18.3 Å². The van der Waals surface area contributed by atoms with Gasteiger partial charge in [0.2, 0.25) is 0 Å². The van der Waals surface area contributed by atoms with Gasteiger partial charge >= 0.3 is 0 Å². The highest BCUT2D eigenvalue weighted by molar-refractivity contribution is 6.52. The van der Waals surface area contributed by atoms with Gasteiger partial charge in [-0.25, -0.2) is 0 Å². The number of nitrogens with zero attached hydrogens (tertiary/aromatic N) is 3. The summed E-state index contributed by atoms with van der Waals surface area (Å²) < 4.78 is 6.92. The number of ether oxygens (including phenoxy) is 1. The highest BCUT2D eigenvalue weighted by Gasteiger charge is 2.35. The number of hydrogen-bond donors (Lipinski definition) is 0. The molecule has 0 radical (unpaired) electrons. The first kappa shape index (κ1) is 13.4. The summed E-state index contributed by atoms with van der Waals surface area (Å²) in [7, 11) is 3.41. The van der Waals surface area contributed by atoms with Gasteiger partial charge in [-0.3, -0.25) is 14.3 Å². The maximum Gasteiger partial charge on any atom is 0.299 e. The van der Waals surface area contributed by atoms with Crippen LogP contribution in [-0.4, -0.2) is 35.1 Å². The average Bonchev–Trinajstić information content (AvgIpc) is 3.00. The Morgan fingerprint density at radius 2 is 2.05 bits per heavy atom. The number of fused-ring (bicyclic) bond motifs is 1. The smallest absolute Gasteiger partial charge is 0.299 e. The Labute approximate surface area is 121 Å². The molecule has 2 heterocycles. The van der Waals surface area contributed by atoms with E-state index in [-0.39, 0.29) is 0 Å². The van der Waals surface area contributed by atoms with Crippen molar-refractivity contribution in [1.82, 2.24) is 9.78 Å². The lowest BCUT2D eigenvalue weighted by molar-refractivity contribution is -0.114. The second-order valence-corrected chi connectivity index (χ2v) is 4.87. The van der Waals surface area contributed by atoms with E-state index in [9.17, 15) is 9.59 Å². The molecule has 0 spiro atoms. The molecule has 0 saturated heterocycles. The van der Waals surface area contributed by atoms with Crippen LogP contribution in [0.1, 0.15) is 16.1 Å². The fraction of sp³-hybridized carbons (Fsp3) is 0.267. The van der Waals surface area contributed by atoms with Crippen LogP contribution in [0.15, 0.2) is 30.5 Å². The van der Waals surface area contributed by atoms with E-state index in [1.807, 2.05) is 13.1 Å². The number of benzene rings is 1. The molecule has 1 aromatic carbocycles. The molecule has 0 atom stereocenters. The first-order valence-electron chi connectivity index (χ1n) is 6.63. The highest BCUT2D eigenvalue weighted by Crippen LogP contribution is 2.32. The normalized spacial score (nSPS) is 13.7. The van der Waals surface area contributed by atoms with Crippen molar-refractivity contribution in [1.29, 1.82) is 0 Å². The zero-order chi connectivity index (χ0) is 15.0. The van der Waals surface area contributed by atoms with Crippen molar-refractivity contribution in [3.8, 4) is 5.75 Å². The lowest BCUT2D eigenvalue weighted by atomic mass is 10.1. The van der Waals surface area contributed by atoms with Crippen LogP contribution in [0, 0.1) is 0 Å². The molecule has 3 rings (SSSR count). The van der Waals surface area contributed by atoms with Gasteiger partial charge in [-0.15, -0.1) is 0 Å². The third-order valence-corrected chi connectivity index (χ3v) is 3.69. The van der Waals surface area contributed by atoms with Crippen LogP contribution in [0.4, 0.5) is 5.69 Å². The number of Topliss-reactive ketones (excluding diaryl/α,β-unsaturated/α-hetero) is 1. The van der Waals surface area contributed by atoms with Gasteiger partial charge in [0.1, 0.15) is 5.75 Å². The van der Waals surface area contributed by atoms with Crippen LogP contribution < -0.4 is 9.64 Å². The van der Waals surface area contributed by atoms with E-state index in [4.69, 9.17) is 4.74 Å². The van der Waals surface area contributed by atoms with Crippen LogP contribution in [0.25, 0.3) is 0 Å². The van der Waals surface area contributed by atoms with E-state index < -0.39 is 11.7 Å². The largest absolute Gasteiger partial charge is 0.497 e. The summed E-state index contributed by atoms with van der Waals surface area (Å²) in [5.74, 6) is -0.320. The zero-order valence-electron chi connectivity index (χ0n) is 11.9. The van der Waals surface area contributed by atoms with Gasteiger partial charge in [-0.05, 0) is 18.2 Å². The minimum absolute atomic E-state index is 0.435. The van der Waals surface area contributed by atoms with Crippen molar-refractivity contribution in [2.45, 2.75) is 6.42 Å². The van der Waals surface area contributed by atoms with E-state index in [0.717, 1.165) is 5.69 Å². The third kappa shape index (κ3) is 2.18. The molecule has 21 heavy (non-hydrogen) atoms. The number of rotatable bonds is 4. The summed E-state index contributed by atoms with van der Waals surface area (Å²) in [5, 5.41) is 4.09. The lowest BCUT2D eigenvalue weighted by Crippen LogP contribution is -2.32. The van der Waals surface area contributed by atoms with Gasteiger partial charge in [0.05, 0.1) is 18.4 Å². The number of carbonyl (C=O) groups excluding carboxylic acids is 2. The third-order valence-electron chi connectivity index (χ3n) is 3.69. The van der Waals surface area contributed by atoms with Gasteiger partial charge in [0.15, 0.2) is 0 Å². The number of hydrogen-bond acceptors (Lipinski definition) is 4. The van der Waals surface area contributed by atoms with Gasteiger partial charge in [0, 0.05) is 38.0 Å². The number of carbonyl (C=O) groups is 2. The Morgan fingerprint density at radius 3 is 2.71 bits per heavy atom. The Bertz CT molecular complexity index is 721. The Morgan fingerprint density at radius 1 is 1.24 bits per heavy atom. The summed E-state index contributed by atoms with van der Waals surface area (Å²) in [6.07, 6.45) is 2.34. The van der Waals surface area contributed by atoms with Crippen molar-refractivity contribution in [3.63, 3.8) is 0 Å². The first-order valence-corrected chi connectivity index (χ1v) is 6.63. The first-order chi connectivity index (χ1) is 10.1. The minimum atomic E-state index is -0.486. The Kier molecular flexibility index (Phi) is 3.21. The van der Waals surface area contributed by atoms with Crippen molar-refractivity contribution >= 4 is 17.4 Å². The molecule has 0 N–H and O–H groups in total. The number of aromatic nitrogens is 2. The lowest BCUT2D eigenvalue weighted by Gasteiger charge is -2.17. The zero-order valence-corrected chi connectivity index (χ0v) is 11.9. The molecule has 2 aromatic rings. The predicted molar refractivity (Wildman–Crippen MR) is 76.6 cm³/mol. The van der Waals surface area contributed by atoms with Crippen LogP contribution in [0.3, 0.4) is 0 Å². The average molecular weight is 285 g/mol. The van der Waals surface area contributed by atoms with Crippen LogP contribution >= 0.6 is 0 Å².